The molecule has 114 valence electrons. The molecular weight excluding hydrogens is 304 g/mol. The highest BCUT2D eigenvalue weighted by atomic mass is 32.2. The maximum Gasteiger partial charge on any atom is 0.342 e. The summed E-state index contributed by atoms with van der Waals surface area (Å²) in [5.41, 5.74) is -0.212. The Morgan fingerprint density at radius 2 is 2.19 bits per heavy atom. The number of esters is 1. The van der Waals surface area contributed by atoms with Crippen molar-refractivity contribution in [3.05, 3.63) is 11.8 Å². The number of sulfonamides is 1. The monoisotopic (exact) mass is 316 g/mol. The molecule has 12 heteroatoms. The van der Waals surface area contributed by atoms with Crippen molar-refractivity contribution in [1.29, 1.82) is 0 Å². The molecule has 0 bridgehead atoms. The van der Waals surface area contributed by atoms with Gasteiger partial charge in [0.25, 0.3) is 10.0 Å². The van der Waals surface area contributed by atoms with Gasteiger partial charge in [0.1, 0.15) is 5.56 Å². The van der Waals surface area contributed by atoms with Crippen LogP contribution in [0.3, 0.4) is 0 Å². The third kappa shape index (κ3) is 3.10. The summed E-state index contributed by atoms with van der Waals surface area (Å²) in [6, 6.07) is -0.0390. The first-order chi connectivity index (χ1) is 9.97. The van der Waals surface area contributed by atoms with Crippen molar-refractivity contribution in [3.63, 3.8) is 0 Å². The number of methoxy groups -OCH3 is 1. The van der Waals surface area contributed by atoms with Crippen molar-refractivity contribution in [3.8, 4) is 6.01 Å². The summed E-state index contributed by atoms with van der Waals surface area (Å²) in [6.45, 7) is 1.71. The molecule has 2 aromatic heterocycles. The van der Waals surface area contributed by atoms with E-state index in [1.165, 1.54) is 7.11 Å². The molecule has 0 radical (unpaired) electrons. The van der Waals surface area contributed by atoms with Gasteiger partial charge in [-0.15, -0.1) is 5.10 Å². The number of carbonyl (C=O) groups is 1. The van der Waals surface area contributed by atoms with Crippen LogP contribution in [0.1, 0.15) is 17.3 Å². The minimum absolute atomic E-state index is 0.0390. The zero-order chi connectivity index (χ0) is 15.5. The maximum atomic E-state index is 12.2. The quantitative estimate of drug-likeness (QED) is 0.604. The lowest BCUT2D eigenvalue weighted by atomic mass is 10.4. The Hall–Kier alpha value is -2.63. The normalized spacial score (nSPS) is 11.1. The van der Waals surface area contributed by atoms with Gasteiger partial charge >= 0.3 is 12.0 Å². The third-order valence-corrected chi connectivity index (χ3v) is 3.56. The predicted octanol–water partition coefficient (Wildman–Crippen LogP) is -0.486. The van der Waals surface area contributed by atoms with E-state index in [9.17, 15) is 13.2 Å². The smallest absolute Gasteiger partial charge is 0.342 e. The number of H-pyrrole nitrogens is 2. The molecule has 0 aromatic carbocycles. The van der Waals surface area contributed by atoms with E-state index in [-0.39, 0.29) is 24.1 Å². The summed E-state index contributed by atoms with van der Waals surface area (Å²) >= 11 is 0. The molecule has 0 aliphatic rings. The van der Waals surface area contributed by atoms with Gasteiger partial charge in [0.05, 0.1) is 19.9 Å². The first-order valence-electron chi connectivity index (χ1n) is 5.67. The molecule has 3 N–H and O–H groups in total. The molecule has 0 aliphatic heterocycles. The fourth-order valence-electron chi connectivity index (χ4n) is 1.40. The minimum atomic E-state index is -4.12. The van der Waals surface area contributed by atoms with E-state index < -0.39 is 21.0 Å². The number of ether oxygens (including phenoxy) is 2. The van der Waals surface area contributed by atoms with Gasteiger partial charge in [-0.05, 0) is 6.92 Å². The lowest BCUT2D eigenvalue weighted by Gasteiger charge is -2.05. The molecule has 21 heavy (non-hydrogen) atoms. The van der Waals surface area contributed by atoms with E-state index in [2.05, 4.69) is 30.1 Å². The second-order valence-electron chi connectivity index (χ2n) is 3.61. The summed E-state index contributed by atoms with van der Waals surface area (Å²) < 4.78 is 35.9. The molecule has 0 amide bonds. The Morgan fingerprint density at radius 1 is 1.43 bits per heavy atom. The lowest BCUT2D eigenvalue weighted by Crippen LogP contribution is -2.18. The zero-order valence-corrected chi connectivity index (χ0v) is 11.9. The second kappa shape index (κ2) is 5.78. The van der Waals surface area contributed by atoms with Crippen LogP contribution in [0, 0.1) is 0 Å². The van der Waals surface area contributed by atoms with Crippen molar-refractivity contribution in [2.45, 2.75) is 11.9 Å². The van der Waals surface area contributed by atoms with E-state index >= 15 is 0 Å². The average Bonchev–Trinajstić information content (AvgIpc) is 3.06. The van der Waals surface area contributed by atoms with Crippen LogP contribution in [0.4, 0.5) is 5.95 Å². The van der Waals surface area contributed by atoms with Gasteiger partial charge in [-0.2, -0.15) is 18.5 Å². The Balaban J connectivity index is 2.28. The topological polar surface area (TPSA) is 152 Å². The molecule has 11 nitrogen and oxygen atoms in total. The largest absolute Gasteiger partial charge is 0.466 e. The van der Waals surface area contributed by atoms with E-state index in [4.69, 9.17) is 9.47 Å². The van der Waals surface area contributed by atoms with E-state index in [0.29, 0.717) is 0 Å². The Kier molecular flexibility index (Phi) is 4.07. The van der Waals surface area contributed by atoms with E-state index in [1.807, 2.05) is 0 Å². The summed E-state index contributed by atoms with van der Waals surface area (Å²) in [7, 11) is -2.79. The molecule has 0 fully saturated rings. The Morgan fingerprint density at radius 3 is 2.81 bits per heavy atom. The van der Waals surface area contributed by atoms with Crippen molar-refractivity contribution < 1.29 is 22.7 Å². The number of carbonyl (C=O) groups excluding carboxylic acids is 1. The summed E-state index contributed by atoms with van der Waals surface area (Å²) in [4.78, 5) is 15.4. The van der Waals surface area contributed by atoms with Crippen LogP contribution in [-0.2, 0) is 14.8 Å². The van der Waals surface area contributed by atoms with Gasteiger partial charge in [-0.1, -0.05) is 0 Å². The SMILES string of the molecule is CCOC(=O)c1cn[nH]c1S(=O)(=O)Nc1nc(OC)n[nH]1. The highest BCUT2D eigenvalue weighted by Gasteiger charge is 2.27. The van der Waals surface area contributed by atoms with Gasteiger partial charge in [0.15, 0.2) is 5.03 Å². The van der Waals surface area contributed by atoms with Crippen LogP contribution in [0.25, 0.3) is 0 Å². The fourth-order valence-corrected chi connectivity index (χ4v) is 2.44. The number of aromatic nitrogens is 5. The first kappa shape index (κ1) is 14.8. The fraction of sp³-hybridized carbons (Fsp3) is 0.333. The van der Waals surface area contributed by atoms with Gasteiger partial charge < -0.3 is 9.47 Å². The molecule has 0 unspecified atom stereocenters. The van der Waals surface area contributed by atoms with Crippen molar-refractivity contribution in [1.82, 2.24) is 25.4 Å². The lowest BCUT2D eigenvalue weighted by molar-refractivity contribution is 0.0522. The minimum Gasteiger partial charge on any atom is -0.466 e. The number of hydrogen-bond acceptors (Lipinski definition) is 8. The molecular formula is C9H12N6O5S. The molecule has 2 aromatic rings. The van der Waals surface area contributed by atoms with Gasteiger partial charge in [-0.3, -0.25) is 5.10 Å². The van der Waals surface area contributed by atoms with Crippen LogP contribution in [-0.4, -0.2) is 53.5 Å². The predicted molar refractivity (Wildman–Crippen MR) is 68.3 cm³/mol. The number of nitrogens with zero attached hydrogens (tertiary/aromatic N) is 3. The number of hydrogen-bond donors (Lipinski definition) is 3. The average molecular weight is 316 g/mol. The summed E-state index contributed by atoms with van der Waals surface area (Å²) in [6.07, 6.45) is 1.06. The first-order valence-corrected chi connectivity index (χ1v) is 7.16. The van der Waals surface area contributed by atoms with Gasteiger partial charge in [0.2, 0.25) is 5.95 Å². The van der Waals surface area contributed by atoms with Crippen molar-refractivity contribution >= 4 is 21.9 Å². The van der Waals surface area contributed by atoms with Crippen LogP contribution in [0.2, 0.25) is 0 Å². The molecule has 0 spiro atoms. The van der Waals surface area contributed by atoms with Crippen LogP contribution in [0.5, 0.6) is 6.01 Å². The molecule has 0 atom stereocenters. The van der Waals surface area contributed by atoms with Gasteiger partial charge in [-0.25, -0.2) is 14.6 Å². The number of rotatable bonds is 6. The summed E-state index contributed by atoms with van der Waals surface area (Å²) in [5.74, 6) is -0.974. The van der Waals surface area contributed by atoms with E-state index in [0.717, 1.165) is 6.20 Å². The third-order valence-electron chi connectivity index (χ3n) is 2.25. The van der Waals surface area contributed by atoms with Crippen LogP contribution in [0.15, 0.2) is 11.2 Å². The molecule has 0 saturated heterocycles. The highest BCUT2D eigenvalue weighted by Crippen LogP contribution is 2.17. The van der Waals surface area contributed by atoms with Gasteiger partial charge in [0, 0.05) is 0 Å². The second-order valence-corrected chi connectivity index (χ2v) is 5.23. The molecule has 2 rings (SSSR count). The van der Waals surface area contributed by atoms with E-state index in [1.54, 1.807) is 6.92 Å². The maximum absolute atomic E-state index is 12.2. The molecule has 0 aliphatic carbocycles. The zero-order valence-electron chi connectivity index (χ0n) is 11.1. The van der Waals surface area contributed by atoms with Crippen molar-refractivity contribution in [2.24, 2.45) is 0 Å². The number of nitrogens with one attached hydrogen (secondary N) is 3. The molecule has 2 heterocycles. The van der Waals surface area contributed by atoms with Crippen molar-refractivity contribution in [2.75, 3.05) is 18.4 Å². The Labute approximate surface area is 119 Å². The highest BCUT2D eigenvalue weighted by molar-refractivity contribution is 7.92. The number of anilines is 1. The van der Waals surface area contributed by atoms with Crippen LogP contribution >= 0.6 is 0 Å². The standard InChI is InChI=1S/C9H12N6O5S/c1-3-20-7(16)5-4-10-12-6(5)21(17,18)15-8-11-9(19-2)14-13-8/h4H,3H2,1-2H3,(H,10,12)(H2,11,13,14,15). The van der Waals surface area contributed by atoms with Crippen LogP contribution < -0.4 is 9.46 Å². The number of aromatic amines is 2. The summed E-state index contributed by atoms with van der Waals surface area (Å²) in [5, 5.41) is 11.2. The molecule has 0 saturated carbocycles. The Bertz CT molecular complexity index is 735.